The monoisotopic (exact) mass is 296 g/mol. The minimum Gasteiger partial charge on any atom is -0.308 e. The molecule has 1 aliphatic carbocycles. The first-order chi connectivity index (χ1) is 9.48. The van der Waals surface area contributed by atoms with E-state index in [1.165, 1.54) is 18.9 Å². The second-order valence-corrected chi connectivity index (χ2v) is 7.00. The molecule has 0 amide bonds. The highest BCUT2D eigenvalue weighted by molar-refractivity contribution is 6.30. The SMILES string of the molecule is CC1CNC(C)(C2CC2)CN1Cc1cc(Cl)ccc1F. The van der Waals surface area contributed by atoms with Crippen molar-refractivity contribution in [3.8, 4) is 0 Å². The predicted octanol–water partition coefficient (Wildman–Crippen LogP) is 3.44. The van der Waals surface area contributed by atoms with Crippen LogP contribution in [0.4, 0.5) is 4.39 Å². The molecule has 1 heterocycles. The van der Waals surface area contributed by atoms with Crippen molar-refractivity contribution < 1.29 is 4.39 Å². The van der Waals surface area contributed by atoms with Crippen LogP contribution in [0.2, 0.25) is 5.02 Å². The third-order valence-corrected chi connectivity index (χ3v) is 5.05. The van der Waals surface area contributed by atoms with Gasteiger partial charge < -0.3 is 5.32 Å². The lowest BCUT2D eigenvalue weighted by Gasteiger charge is -2.45. The molecule has 1 aromatic rings. The van der Waals surface area contributed by atoms with Crippen molar-refractivity contribution in [2.24, 2.45) is 5.92 Å². The lowest BCUT2D eigenvalue weighted by molar-refractivity contribution is 0.0761. The van der Waals surface area contributed by atoms with E-state index in [1.54, 1.807) is 12.1 Å². The van der Waals surface area contributed by atoms with Crippen molar-refractivity contribution in [1.82, 2.24) is 10.2 Å². The van der Waals surface area contributed by atoms with E-state index in [1.807, 2.05) is 0 Å². The van der Waals surface area contributed by atoms with E-state index in [4.69, 9.17) is 11.6 Å². The van der Waals surface area contributed by atoms with Crippen LogP contribution in [0.3, 0.4) is 0 Å². The molecule has 0 bridgehead atoms. The molecule has 0 spiro atoms. The van der Waals surface area contributed by atoms with Gasteiger partial charge in [-0.25, -0.2) is 4.39 Å². The molecule has 110 valence electrons. The Kier molecular flexibility index (Phi) is 3.78. The van der Waals surface area contributed by atoms with Gasteiger partial charge in [-0.15, -0.1) is 0 Å². The second kappa shape index (κ2) is 5.28. The molecule has 0 radical (unpaired) electrons. The molecule has 2 atom stereocenters. The lowest BCUT2D eigenvalue weighted by Crippen LogP contribution is -2.62. The molecule has 1 saturated heterocycles. The van der Waals surface area contributed by atoms with Gasteiger partial charge >= 0.3 is 0 Å². The molecule has 4 heteroatoms. The normalized spacial score (nSPS) is 31.5. The highest BCUT2D eigenvalue weighted by Gasteiger charge is 2.45. The number of hydrogen-bond donors (Lipinski definition) is 1. The fourth-order valence-electron chi connectivity index (χ4n) is 3.23. The van der Waals surface area contributed by atoms with E-state index in [0.29, 0.717) is 23.2 Å². The minimum absolute atomic E-state index is 0.159. The van der Waals surface area contributed by atoms with Gasteiger partial charge in [-0.3, -0.25) is 4.90 Å². The quantitative estimate of drug-likeness (QED) is 0.919. The van der Waals surface area contributed by atoms with Gasteiger partial charge in [0.05, 0.1) is 0 Å². The maximum atomic E-state index is 13.9. The zero-order chi connectivity index (χ0) is 14.3. The van der Waals surface area contributed by atoms with Crippen LogP contribution in [-0.4, -0.2) is 29.6 Å². The average molecular weight is 297 g/mol. The summed E-state index contributed by atoms with van der Waals surface area (Å²) < 4.78 is 13.9. The molecule has 0 aromatic heterocycles. The van der Waals surface area contributed by atoms with E-state index < -0.39 is 0 Å². The molecule has 1 N–H and O–H groups in total. The van der Waals surface area contributed by atoms with Crippen LogP contribution >= 0.6 is 11.6 Å². The smallest absolute Gasteiger partial charge is 0.127 e. The van der Waals surface area contributed by atoms with Gasteiger partial charge in [0.25, 0.3) is 0 Å². The summed E-state index contributed by atoms with van der Waals surface area (Å²) in [6.45, 7) is 7.08. The molecular formula is C16H22ClFN2. The number of piperazine rings is 1. The van der Waals surface area contributed by atoms with Crippen molar-refractivity contribution in [3.05, 3.63) is 34.6 Å². The zero-order valence-corrected chi connectivity index (χ0v) is 12.9. The summed E-state index contributed by atoms with van der Waals surface area (Å²) in [5.41, 5.74) is 0.881. The van der Waals surface area contributed by atoms with E-state index in [2.05, 4.69) is 24.1 Å². The van der Waals surface area contributed by atoms with Crippen LogP contribution in [0.25, 0.3) is 0 Å². The Morgan fingerprint density at radius 1 is 1.45 bits per heavy atom. The van der Waals surface area contributed by atoms with Crippen molar-refractivity contribution in [1.29, 1.82) is 0 Å². The van der Waals surface area contributed by atoms with Crippen LogP contribution in [0, 0.1) is 11.7 Å². The maximum absolute atomic E-state index is 13.9. The predicted molar refractivity (Wildman–Crippen MR) is 80.4 cm³/mol. The van der Waals surface area contributed by atoms with Crippen molar-refractivity contribution in [2.45, 2.75) is 44.8 Å². The van der Waals surface area contributed by atoms with Crippen LogP contribution in [-0.2, 0) is 6.54 Å². The first-order valence-electron chi connectivity index (χ1n) is 7.41. The third kappa shape index (κ3) is 2.85. The highest BCUT2D eigenvalue weighted by Crippen LogP contribution is 2.41. The molecule has 1 aromatic carbocycles. The Morgan fingerprint density at radius 3 is 2.90 bits per heavy atom. The molecule has 2 fully saturated rings. The summed E-state index contributed by atoms with van der Waals surface area (Å²) in [7, 11) is 0. The van der Waals surface area contributed by atoms with Crippen LogP contribution in [0.15, 0.2) is 18.2 Å². The summed E-state index contributed by atoms with van der Waals surface area (Å²) in [5, 5.41) is 4.29. The van der Waals surface area contributed by atoms with Crippen LogP contribution in [0.5, 0.6) is 0 Å². The van der Waals surface area contributed by atoms with E-state index in [9.17, 15) is 4.39 Å². The first-order valence-corrected chi connectivity index (χ1v) is 7.79. The first kappa shape index (κ1) is 14.3. The van der Waals surface area contributed by atoms with Crippen molar-refractivity contribution in [3.63, 3.8) is 0 Å². The number of rotatable bonds is 3. The summed E-state index contributed by atoms with van der Waals surface area (Å²) in [4.78, 5) is 2.38. The van der Waals surface area contributed by atoms with Gasteiger partial charge in [0.1, 0.15) is 5.82 Å². The standard InChI is InChI=1S/C16H22ClFN2/c1-11-8-19-16(2,13-3-4-13)10-20(11)9-12-7-14(17)5-6-15(12)18/h5-7,11,13,19H,3-4,8-10H2,1-2H3. The fourth-order valence-corrected chi connectivity index (χ4v) is 3.43. The minimum atomic E-state index is -0.159. The Labute approximate surface area is 125 Å². The van der Waals surface area contributed by atoms with Crippen LogP contribution in [0.1, 0.15) is 32.3 Å². The zero-order valence-electron chi connectivity index (χ0n) is 12.1. The van der Waals surface area contributed by atoms with Gasteiger partial charge in [0, 0.05) is 41.8 Å². The fraction of sp³-hybridized carbons (Fsp3) is 0.625. The molecule has 3 rings (SSSR count). The molecule has 2 aliphatic rings. The van der Waals surface area contributed by atoms with Crippen LogP contribution < -0.4 is 5.32 Å². The summed E-state index contributed by atoms with van der Waals surface area (Å²) >= 11 is 5.99. The Balaban J connectivity index is 1.76. The summed E-state index contributed by atoms with van der Waals surface area (Å²) in [6.07, 6.45) is 2.63. The maximum Gasteiger partial charge on any atom is 0.127 e. The van der Waals surface area contributed by atoms with Gasteiger partial charge in [0.2, 0.25) is 0 Å². The van der Waals surface area contributed by atoms with Crippen molar-refractivity contribution in [2.75, 3.05) is 13.1 Å². The number of halogens is 2. The third-order valence-electron chi connectivity index (χ3n) is 4.82. The molecule has 2 nitrogen and oxygen atoms in total. The van der Waals surface area contributed by atoms with Gasteiger partial charge in [-0.1, -0.05) is 11.6 Å². The number of hydrogen-bond acceptors (Lipinski definition) is 2. The number of nitrogens with zero attached hydrogens (tertiary/aromatic N) is 1. The topological polar surface area (TPSA) is 15.3 Å². The van der Waals surface area contributed by atoms with Gasteiger partial charge in [-0.2, -0.15) is 0 Å². The highest BCUT2D eigenvalue weighted by atomic mass is 35.5. The van der Waals surface area contributed by atoms with Crippen molar-refractivity contribution >= 4 is 11.6 Å². The van der Waals surface area contributed by atoms with E-state index in [-0.39, 0.29) is 11.4 Å². The molecule has 1 saturated carbocycles. The Bertz CT molecular complexity index is 503. The number of nitrogens with one attached hydrogen (secondary N) is 1. The number of benzene rings is 1. The molecule has 20 heavy (non-hydrogen) atoms. The largest absolute Gasteiger partial charge is 0.308 e. The molecular weight excluding hydrogens is 275 g/mol. The van der Waals surface area contributed by atoms with E-state index >= 15 is 0 Å². The average Bonchev–Trinajstić information content (AvgIpc) is 3.23. The lowest BCUT2D eigenvalue weighted by atomic mass is 9.91. The molecule has 2 unspecified atom stereocenters. The Morgan fingerprint density at radius 2 is 2.20 bits per heavy atom. The van der Waals surface area contributed by atoms with E-state index in [0.717, 1.165) is 19.0 Å². The van der Waals surface area contributed by atoms with Gasteiger partial charge in [-0.05, 0) is 50.8 Å². The summed E-state index contributed by atoms with van der Waals surface area (Å²) in [5.74, 6) is 0.620. The Hall–Kier alpha value is -0.640. The molecule has 1 aliphatic heterocycles. The summed E-state index contributed by atoms with van der Waals surface area (Å²) in [6, 6.07) is 5.24. The van der Waals surface area contributed by atoms with Gasteiger partial charge in [0.15, 0.2) is 0 Å². The second-order valence-electron chi connectivity index (χ2n) is 6.56.